The molecule has 0 aliphatic carbocycles. The Labute approximate surface area is 188 Å². The molecule has 8 nitrogen and oxygen atoms in total. The predicted octanol–water partition coefficient (Wildman–Crippen LogP) is 4.12. The molecule has 1 heterocycles. The molecule has 0 bridgehead atoms. The molecule has 1 aliphatic heterocycles. The maximum absolute atomic E-state index is 13.1. The van der Waals surface area contributed by atoms with Gasteiger partial charge in [0.15, 0.2) is 6.61 Å². The molecular weight excluding hydrogens is 410 g/mol. The first-order valence-corrected chi connectivity index (χ1v) is 10.5. The van der Waals surface area contributed by atoms with E-state index in [9.17, 15) is 14.4 Å². The summed E-state index contributed by atoms with van der Waals surface area (Å²) in [6.07, 6.45) is -0.611. The highest BCUT2D eigenvalue weighted by molar-refractivity contribution is 6.06. The molecule has 3 amide bonds. The molecule has 32 heavy (non-hydrogen) atoms. The van der Waals surface area contributed by atoms with Crippen LogP contribution in [0.5, 0.6) is 5.75 Å². The van der Waals surface area contributed by atoms with Crippen molar-refractivity contribution in [1.82, 2.24) is 0 Å². The van der Waals surface area contributed by atoms with Gasteiger partial charge < -0.3 is 14.4 Å². The molecule has 0 saturated carbocycles. The number of likely N-dealkylation sites (N-methyl/N-ethyl adjacent to an activating group) is 1. The lowest BCUT2D eigenvalue weighted by Gasteiger charge is -2.31. The molecule has 0 unspecified atom stereocenters. The monoisotopic (exact) mass is 439 g/mol. The highest BCUT2D eigenvalue weighted by Crippen LogP contribution is 2.35. The lowest BCUT2D eigenvalue weighted by molar-refractivity contribution is -0.124. The number of carbonyl (C=O) groups is 3. The molecule has 0 saturated heterocycles. The quantitative estimate of drug-likeness (QED) is 0.757. The Morgan fingerprint density at radius 2 is 1.94 bits per heavy atom. The number of rotatable bonds is 5. The third-order valence-electron chi connectivity index (χ3n) is 4.77. The number of carbonyl (C=O) groups excluding carboxylic acids is 3. The van der Waals surface area contributed by atoms with Gasteiger partial charge in [0.25, 0.3) is 5.91 Å². The van der Waals surface area contributed by atoms with Gasteiger partial charge in [0.1, 0.15) is 17.9 Å². The molecule has 0 aromatic heterocycles. The highest BCUT2D eigenvalue weighted by atomic mass is 16.6. The van der Waals surface area contributed by atoms with Crippen LogP contribution in [0.2, 0.25) is 0 Å². The first-order valence-electron chi connectivity index (χ1n) is 10.5. The van der Waals surface area contributed by atoms with Crippen LogP contribution in [0.15, 0.2) is 42.5 Å². The number of benzene rings is 2. The molecule has 1 N–H and O–H groups in total. The molecular formula is C24H29N3O5. The van der Waals surface area contributed by atoms with Crippen LogP contribution in [0.3, 0.4) is 0 Å². The average molecular weight is 440 g/mol. The Morgan fingerprint density at radius 1 is 1.19 bits per heavy atom. The molecule has 1 aliphatic rings. The number of nitrogens with zero attached hydrogens (tertiary/aromatic N) is 2. The summed E-state index contributed by atoms with van der Waals surface area (Å²) in [6, 6.07) is 12.6. The molecule has 0 fully saturated rings. The van der Waals surface area contributed by atoms with Crippen LogP contribution in [-0.4, -0.2) is 43.2 Å². The molecule has 170 valence electrons. The van der Waals surface area contributed by atoms with Crippen LogP contribution in [0.25, 0.3) is 0 Å². The average Bonchev–Trinajstić information content (AvgIpc) is 2.69. The molecule has 0 spiro atoms. The van der Waals surface area contributed by atoms with Gasteiger partial charge in [0, 0.05) is 17.9 Å². The van der Waals surface area contributed by atoms with Gasteiger partial charge in [-0.25, -0.2) is 4.79 Å². The first-order chi connectivity index (χ1) is 15.1. The number of ether oxygens (including phenoxy) is 2. The van der Waals surface area contributed by atoms with Crippen molar-refractivity contribution < 1.29 is 23.9 Å². The molecule has 0 radical (unpaired) electrons. The zero-order valence-corrected chi connectivity index (χ0v) is 19.1. The van der Waals surface area contributed by atoms with Gasteiger partial charge in [0.2, 0.25) is 5.91 Å². The van der Waals surface area contributed by atoms with Crippen molar-refractivity contribution >= 4 is 35.0 Å². The zero-order valence-electron chi connectivity index (χ0n) is 19.1. The molecule has 0 atom stereocenters. The second kappa shape index (κ2) is 9.30. The maximum atomic E-state index is 13.1. The van der Waals surface area contributed by atoms with Crippen LogP contribution < -0.4 is 19.9 Å². The summed E-state index contributed by atoms with van der Waals surface area (Å²) in [7, 11) is 0. The summed E-state index contributed by atoms with van der Waals surface area (Å²) >= 11 is 0. The van der Waals surface area contributed by atoms with Gasteiger partial charge in [-0.2, -0.15) is 0 Å². The van der Waals surface area contributed by atoms with Crippen LogP contribution in [0.4, 0.5) is 21.9 Å². The molecule has 8 heteroatoms. The van der Waals surface area contributed by atoms with E-state index in [1.165, 1.54) is 4.90 Å². The third-order valence-corrected chi connectivity index (χ3v) is 4.77. The van der Waals surface area contributed by atoms with Crippen molar-refractivity contribution in [2.24, 2.45) is 0 Å². The summed E-state index contributed by atoms with van der Waals surface area (Å²) in [4.78, 5) is 40.9. The fraction of sp³-hybridized carbons (Fsp3) is 0.375. The largest absolute Gasteiger partial charge is 0.482 e. The standard InChI is InChI=1S/C24H29N3O5/c1-6-26(18-9-7-8-16(2)12-18)21(28)14-27-19-13-17(25-23(30)32-24(3,4)5)10-11-20(19)31-15-22(27)29/h7-13H,6,14-15H2,1-5H3,(H,25,30). The summed E-state index contributed by atoms with van der Waals surface area (Å²) in [5.74, 6) is -0.0869. The van der Waals surface area contributed by atoms with Crippen molar-refractivity contribution in [3.8, 4) is 5.75 Å². The van der Waals surface area contributed by atoms with E-state index in [0.29, 0.717) is 23.7 Å². The van der Waals surface area contributed by atoms with Gasteiger partial charge >= 0.3 is 6.09 Å². The Hall–Kier alpha value is -3.55. The second-order valence-electron chi connectivity index (χ2n) is 8.55. The fourth-order valence-electron chi connectivity index (χ4n) is 3.39. The summed E-state index contributed by atoms with van der Waals surface area (Å²) in [5, 5.41) is 2.65. The highest BCUT2D eigenvalue weighted by Gasteiger charge is 2.30. The van der Waals surface area contributed by atoms with Crippen LogP contribution >= 0.6 is 0 Å². The number of amides is 3. The first kappa shape index (κ1) is 23.1. The van der Waals surface area contributed by atoms with Gasteiger partial charge in [-0.15, -0.1) is 0 Å². The lowest BCUT2D eigenvalue weighted by Crippen LogP contribution is -2.46. The van der Waals surface area contributed by atoms with Crippen molar-refractivity contribution in [3.63, 3.8) is 0 Å². The van der Waals surface area contributed by atoms with Crippen LogP contribution in [0.1, 0.15) is 33.3 Å². The lowest BCUT2D eigenvalue weighted by atomic mass is 10.2. The van der Waals surface area contributed by atoms with Crippen LogP contribution in [0, 0.1) is 6.92 Å². The number of hydrogen-bond donors (Lipinski definition) is 1. The summed E-state index contributed by atoms with van der Waals surface area (Å²) in [6.45, 7) is 9.32. The third kappa shape index (κ3) is 5.57. The van der Waals surface area contributed by atoms with Gasteiger partial charge in [-0.05, 0) is 70.5 Å². The van der Waals surface area contributed by atoms with E-state index in [0.717, 1.165) is 11.3 Å². The topological polar surface area (TPSA) is 88.2 Å². The number of nitrogens with one attached hydrogen (secondary N) is 1. The van der Waals surface area contributed by atoms with E-state index in [2.05, 4.69) is 5.32 Å². The number of hydrogen-bond acceptors (Lipinski definition) is 5. The minimum absolute atomic E-state index is 0.146. The number of aryl methyl sites for hydroxylation is 1. The normalized spacial score (nSPS) is 13.2. The van der Waals surface area contributed by atoms with Crippen LogP contribution in [-0.2, 0) is 14.3 Å². The minimum Gasteiger partial charge on any atom is -0.482 e. The number of fused-ring (bicyclic) bond motifs is 1. The Kier molecular flexibility index (Phi) is 6.72. The molecule has 3 rings (SSSR count). The zero-order chi connectivity index (χ0) is 23.5. The number of anilines is 3. The van der Waals surface area contributed by atoms with E-state index in [1.807, 2.05) is 38.1 Å². The Morgan fingerprint density at radius 3 is 2.59 bits per heavy atom. The SMILES string of the molecule is CCN(C(=O)CN1C(=O)COc2ccc(NC(=O)OC(C)(C)C)cc21)c1cccc(C)c1. The molecule has 2 aromatic carbocycles. The minimum atomic E-state index is -0.644. The second-order valence-corrected chi connectivity index (χ2v) is 8.55. The van der Waals surface area contributed by atoms with Crippen molar-refractivity contribution in [3.05, 3.63) is 48.0 Å². The van der Waals surface area contributed by atoms with Gasteiger partial charge in [-0.1, -0.05) is 12.1 Å². The van der Waals surface area contributed by atoms with Gasteiger partial charge in [-0.3, -0.25) is 19.8 Å². The van der Waals surface area contributed by atoms with Crippen molar-refractivity contribution in [2.45, 2.75) is 40.2 Å². The van der Waals surface area contributed by atoms with E-state index in [4.69, 9.17) is 9.47 Å². The van der Waals surface area contributed by atoms with E-state index < -0.39 is 11.7 Å². The predicted molar refractivity (Wildman–Crippen MR) is 123 cm³/mol. The van der Waals surface area contributed by atoms with E-state index in [-0.39, 0.29) is 25.0 Å². The molecule has 2 aromatic rings. The van der Waals surface area contributed by atoms with E-state index in [1.54, 1.807) is 43.9 Å². The fourth-order valence-corrected chi connectivity index (χ4v) is 3.39. The maximum Gasteiger partial charge on any atom is 0.412 e. The smallest absolute Gasteiger partial charge is 0.412 e. The Balaban J connectivity index is 1.83. The summed E-state index contributed by atoms with van der Waals surface area (Å²) < 4.78 is 10.8. The summed E-state index contributed by atoms with van der Waals surface area (Å²) in [5.41, 5.74) is 2.02. The van der Waals surface area contributed by atoms with E-state index >= 15 is 0 Å². The Bertz CT molecular complexity index is 1030. The van der Waals surface area contributed by atoms with Crippen molar-refractivity contribution in [1.29, 1.82) is 0 Å². The van der Waals surface area contributed by atoms with Gasteiger partial charge in [0.05, 0.1) is 5.69 Å². The van der Waals surface area contributed by atoms with Crippen molar-refractivity contribution in [2.75, 3.05) is 34.8 Å².